The fourth-order valence-electron chi connectivity index (χ4n) is 3.10. The predicted molar refractivity (Wildman–Crippen MR) is 104 cm³/mol. The fraction of sp³-hybridized carbons (Fsp3) is 0.263. The van der Waals surface area contributed by atoms with E-state index in [0.29, 0.717) is 11.0 Å². The number of aromatic nitrogens is 4. The number of aryl methyl sites for hydroxylation is 1. The van der Waals surface area contributed by atoms with Gasteiger partial charge in [0, 0.05) is 37.8 Å². The van der Waals surface area contributed by atoms with Crippen molar-refractivity contribution in [2.45, 2.75) is 6.92 Å². The number of hydrogen-bond acceptors (Lipinski definition) is 6. The van der Waals surface area contributed by atoms with Crippen molar-refractivity contribution in [2.75, 3.05) is 36.0 Å². The van der Waals surface area contributed by atoms with Crippen molar-refractivity contribution in [3.63, 3.8) is 0 Å². The van der Waals surface area contributed by atoms with E-state index in [2.05, 4.69) is 30.0 Å². The Hall–Kier alpha value is -2.73. The third kappa shape index (κ3) is 3.60. The van der Waals surface area contributed by atoms with Crippen LogP contribution in [-0.2, 0) is 0 Å². The second-order valence-corrected chi connectivity index (χ2v) is 6.60. The van der Waals surface area contributed by atoms with Crippen LogP contribution in [0.3, 0.4) is 0 Å². The molecule has 3 heterocycles. The maximum Gasteiger partial charge on any atom is 0.151 e. The topological polar surface area (TPSA) is 58.0 Å². The average molecular weight is 367 g/mol. The molecule has 3 aromatic rings. The van der Waals surface area contributed by atoms with Gasteiger partial charge in [0.05, 0.1) is 5.69 Å². The molecule has 0 saturated carbocycles. The molecule has 0 unspecified atom stereocenters. The first-order valence-electron chi connectivity index (χ1n) is 8.59. The Morgan fingerprint density at radius 1 is 0.808 bits per heavy atom. The van der Waals surface area contributed by atoms with E-state index in [1.54, 1.807) is 0 Å². The Labute approximate surface area is 157 Å². The summed E-state index contributed by atoms with van der Waals surface area (Å²) in [7, 11) is 0. The van der Waals surface area contributed by atoms with Gasteiger partial charge in [0.15, 0.2) is 5.82 Å². The second-order valence-electron chi connectivity index (χ2n) is 6.21. The molecule has 4 rings (SSSR count). The van der Waals surface area contributed by atoms with Gasteiger partial charge < -0.3 is 9.80 Å². The van der Waals surface area contributed by atoms with Gasteiger partial charge in [-0.1, -0.05) is 41.9 Å². The van der Waals surface area contributed by atoms with Gasteiger partial charge in [0.25, 0.3) is 0 Å². The largest absolute Gasteiger partial charge is 0.353 e. The molecule has 0 spiro atoms. The van der Waals surface area contributed by atoms with E-state index in [9.17, 15) is 0 Å². The highest BCUT2D eigenvalue weighted by molar-refractivity contribution is 6.29. The molecule has 0 bridgehead atoms. The van der Waals surface area contributed by atoms with E-state index in [1.165, 1.54) is 0 Å². The zero-order valence-electron chi connectivity index (χ0n) is 14.5. The molecular formula is C19H19ClN6. The summed E-state index contributed by atoms with van der Waals surface area (Å²) >= 11 is 6.05. The van der Waals surface area contributed by atoms with Gasteiger partial charge in [0.2, 0.25) is 0 Å². The standard InChI is InChI=1S/C19H19ClN6/c1-14-21-17(20)13-19(22-14)26-11-9-25(10-12-26)18-8-7-16(23-24-18)15-5-3-2-4-6-15/h2-8,13H,9-12H2,1H3. The molecule has 132 valence electrons. The van der Waals surface area contributed by atoms with E-state index in [4.69, 9.17) is 11.6 Å². The SMILES string of the molecule is Cc1nc(Cl)cc(N2CCN(c3ccc(-c4ccccc4)nn3)CC2)n1. The quantitative estimate of drug-likeness (QED) is 0.663. The van der Waals surface area contributed by atoms with Gasteiger partial charge in [-0.3, -0.25) is 0 Å². The van der Waals surface area contributed by atoms with Crippen molar-refractivity contribution in [3.05, 3.63) is 59.5 Å². The smallest absolute Gasteiger partial charge is 0.151 e. The first kappa shape index (κ1) is 16.7. The second kappa shape index (κ2) is 7.25. The van der Waals surface area contributed by atoms with E-state index >= 15 is 0 Å². The zero-order chi connectivity index (χ0) is 17.9. The Kier molecular flexibility index (Phi) is 4.67. The van der Waals surface area contributed by atoms with E-state index < -0.39 is 0 Å². The van der Waals surface area contributed by atoms with Crippen LogP contribution in [0.4, 0.5) is 11.6 Å². The molecular weight excluding hydrogens is 348 g/mol. The number of anilines is 2. The molecule has 0 amide bonds. The molecule has 0 radical (unpaired) electrons. The van der Waals surface area contributed by atoms with Crippen molar-refractivity contribution in [2.24, 2.45) is 0 Å². The molecule has 2 aromatic heterocycles. The van der Waals surface area contributed by atoms with Crippen molar-refractivity contribution < 1.29 is 0 Å². The van der Waals surface area contributed by atoms with Gasteiger partial charge in [-0.2, -0.15) is 0 Å². The van der Waals surface area contributed by atoms with Crippen LogP contribution in [0.1, 0.15) is 5.82 Å². The average Bonchev–Trinajstić information content (AvgIpc) is 2.68. The Morgan fingerprint density at radius 3 is 2.12 bits per heavy atom. The Morgan fingerprint density at radius 2 is 1.50 bits per heavy atom. The van der Waals surface area contributed by atoms with Crippen LogP contribution in [0.5, 0.6) is 0 Å². The van der Waals surface area contributed by atoms with Crippen LogP contribution >= 0.6 is 11.6 Å². The lowest BCUT2D eigenvalue weighted by Gasteiger charge is -2.35. The van der Waals surface area contributed by atoms with Gasteiger partial charge in [-0.25, -0.2) is 9.97 Å². The highest BCUT2D eigenvalue weighted by Crippen LogP contribution is 2.21. The summed E-state index contributed by atoms with van der Waals surface area (Å²) in [5, 5.41) is 9.28. The van der Waals surface area contributed by atoms with Crippen molar-refractivity contribution in [1.82, 2.24) is 20.2 Å². The summed E-state index contributed by atoms with van der Waals surface area (Å²) in [6, 6.07) is 16.0. The third-order valence-corrected chi connectivity index (χ3v) is 4.63. The highest BCUT2D eigenvalue weighted by Gasteiger charge is 2.20. The fourth-order valence-corrected chi connectivity index (χ4v) is 3.32. The van der Waals surface area contributed by atoms with E-state index in [0.717, 1.165) is 49.1 Å². The van der Waals surface area contributed by atoms with Crippen LogP contribution in [0, 0.1) is 6.92 Å². The zero-order valence-corrected chi connectivity index (χ0v) is 15.3. The molecule has 0 N–H and O–H groups in total. The van der Waals surface area contributed by atoms with Gasteiger partial charge in [-0.05, 0) is 19.1 Å². The molecule has 1 aliphatic heterocycles. The Balaban J connectivity index is 1.43. The van der Waals surface area contributed by atoms with Gasteiger partial charge in [0.1, 0.15) is 16.8 Å². The maximum absolute atomic E-state index is 6.05. The summed E-state index contributed by atoms with van der Waals surface area (Å²) in [6.07, 6.45) is 0. The number of halogens is 1. The van der Waals surface area contributed by atoms with Crippen LogP contribution in [-0.4, -0.2) is 46.3 Å². The minimum atomic E-state index is 0.484. The molecule has 1 saturated heterocycles. The first-order chi connectivity index (χ1) is 12.7. The molecule has 1 aromatic carbocycles. The van der Waals surface area contributed by atoms with Crippen molar-refractivity contribution >= 4 is 23.2 Å². The monoisotopic (exact) mass is 366 g/mol. The lowest BCUT2D eigenvalue weighted by atomic mass is 10.1. The lowest BCUT2D eigenvalue weighted by Crippen LogP contribution is -2.47. The number of nitrogens with zero attached hydrogens (tertiary/aromatic N) is 6. The molecule has 1 aliphatic rings. The molecule has 7 heteroatoms. The minimum absolute atomic E-state index is 0.484. The predicted octanol–water partition coefficient (Wildman–Crippen LogP) is 3.22. The molecule has 0 aliphatic carbocycles. The summed E-state index contributed by atoms with van der Waals surface area (Å²) in [5.41, 5.74) is 1.96. The molecule has 0 atom stereocenters. The number of benzene rings is 1. The first-order valence-corrected chi connectivity index (χ1v) is 8.97. The maximum atomic E-state index is 6.05. The lowest BCUT2D eigenvalue weighted by molar-refractivity contribution is 0.637. The van der Waals surface area contributed by atoms with Crippen molar-refractivity contribution in [1.29, 1.82) is 0 Å². The summed E-state index contributed by atoms with van der Waals surface area (Å²) in [6.45, 7) is 5.29. The van der Waals surface area contributed by atoms with Crippen LogP contribution < -0.4 is 9.80 Å². The van der Waals surface area contributed by atoms with Crippen LogP contribution in [0.2, 0.25) is 5.15 Å². The van der Waals surface area contributed by atoms with Crippen LogP contribution in [0.25, 0.3) is 11.3 Å². The summed E-state index contributed by atoms with van der Waals surface area (Å²) in [5.74, 6) is 2.48. The molecule has 1 fully saturated rings. The number of piperazine rings is 1. The summed E-state index contributed by atoms with van der Waals surface area (Å²) in [4.78, 5) is 13.1. The minimum Gasteiger partial charge on any atom is -0.353 e. The van der Waals surface area contributed by atoms with Crippen molar-refractivity contribution in [3.8, 4) is 11.3 Å². The normalized spacial score (nSPS) is 14.5. The van der Waals surface area contributed by atoms with Crippen LogP contribution in [0.15, 0.2) is 48.5 Å². The number of hydrogen-bond donors (Lipinski definition) is 0. The highest BCUT2D eigenvalue weighted by atomic mass is 35.5. The molecule has 26 heavy (non-hydrogen) atoms. The van der Waals surface area contributed by atoms with E-state index in [-0.39, 0.29) is 0 Å². The third-order valence-electron chi connectivity index (χ3n) is 4.44. The Bertz CT molecular complexity index is 856. The summed E-state index contributed by atoms with van der Waals surface area (Å²) < 4.78 is 0. The molecule has 6 nitrogen and oxygen atoms in total. The van der Waals surface area contributed by atoms with Gasteiger partial charge >= 0.3 is 0 Å². The van der Waals surface area contributed by atoms with E-state index in [1.807, 2.05) is 55.5 Å². The number of rotatable bonds is 3. The van der Waals surface area contributed by atoms with Gasteiger partial charge in [-0.15, -0.1) is 10.2 Å².